The van der Waals surface area contributed by atoms with Gasteiger partial charge in [-0.3, -0.25) is 0 Å². The van der Waals surface area contributed by atoms with Crippen molar-refractivity contribution in [3.63, 3.8) is 0 Å². The lowest BCUT2D eigenvalue weighted by Gasteiger charge is -2.23. The van der Waals surface area contributed by atoms with E-state index in [2.05, 4.69) is 0 Å². The predicted molar refractivity (Wildman–Crippen MR) is 34.1 cm³/mol. The van der Waals surface area contributed by atoms with Crippen LogP contribution in [0.3, 0.4) is 0 Å². The van der Waals surface area contributed by atoms with Crippen molar-refractivity contribution in [2.75, 3.05) is 19.8 Å². The summed E-state index contributed by atoms with van der Waals surface area (Å²) < 4.78 is 10.2. The van der Waals surface area contributed by atoms with E-state index in [4.69, 9.17) is 20.5 Å². The molecular weight excluding hydrogens is 132 g/mol. The van der Waals surface area contributed by atoms with Crippen LogP contribution in [-0.2, 0) is 9.47 Å². The molecule has 0 amide bonds. The van der Waals surface area contributed by atoms with Crippen LogP contribution in [0.1, 0.15) is 0 Å². The molecule has 1 heterocycles. The Labute approximate surface area is 59.5 Å². The molecule has 56 valence electrons. The fourth-order valence-corrected chi connectivity index (χ4v) is 0.796. The first-order valence-corrected chi connectivity index (χ1v) is 3.19. The molecule has 10 heavy (non-hydrogen) atoms. The molecule has 1 aliphatic rings. The second-order valence-corrected chi connectivity index (χ2v) is 2.14. The standard InChI is InChI=1S/C6H10N2O2/c7-3-5(8)6-4-9-1-2-10-6/h5-6H,1-2,4,8H2/t5-,6+/m0/s1. The van der Waals surface area contributed by atoms with Gasteiger partial charge in [0, 0.05) is 0 Å². The van der Waals surface area contributed by atoms with Gasteiger partial charge in [-0.1, -0.05) is 0 Å². The van der Waals surface area contributed by atoms with Crippen molar-refractivity contribution >= 4 is 0 Å². The van der Waals surface area contributed by atoms with Gasteiger partial charge in [0.05, 0.1) is 25.9 Å². The maximum Gasteiger partial charge on any atom is 0.122 e. The second kappa shape index (κ2) is 3.52. The van der Waals surface area contributed by atoms with Crippen molar-refractivity contribution < 1.29 is 9.47 Å². The fraction of sp³-hybridized carbons (Fsp3) is 0.833. The summed E-state index contributed by atoms with van der Waals surface area (Å²) in [6, 6.07) is 1.35. The van der Waals surface area contributed by atoms with Crippen LogP contribution in [0.2, 0.25) is 0 Å². The van der Waals surface area contributed by atoms with Crippen molar-refractivity contribution in [2.45, 2.75) is 12.1 Å². The van der Waals surface area contributed by atoms with Crippen molar-refractivity contribution in [3.05, 3.63) is 0 Å². The lowest BCUT2D eigenvalue weighted by atomic mass is 10.2. The largest absolute Gasteiger partial charge is 0.376 e. The summed E-state index contributed by atoms with van der Waals surface area (Å²) in [5, 5.41) is 8.38. The summed E-state index contributed by atoms with van der Waals surface area (Å²) >= 11 is 0. The molecule has 0 radical (unpaired) electrons. The van der Waals surface area contributed by atoms with Crippen LogP contribution >= 0.6 is 0 Å². The van der Waals surface area contributed by atoms with Crippen LogP contribution in [0.5, 0.6) is 0 Å². The van der Waals surface area contributed by atoms with E-state index in [-0.39, 0.29) is 6.10 Å². The topological polar surface area (TPSA) is 68.3 Å². The Morgan fingerprint density at radius 3 is 2.90 bits per heavy atom. The number of hydrogen-bond donors (Lipinski definition) is 1. The molecule has 4 nitrogen and oxygen atoms in total. The molecule has 0 saturated carbocycles. The fourth-order valence-electron chi connectivity index (χ4n) is 0.796. The highest BCUT2D eigenvalue weighted by atomic mass is 16.6. The van der Waals surface area contributed by atoms with E-state index in [0.29, 0.717) is 19.8 Å². The first-order valence-electron chi connectivity index (χ1n) is 3.19. The Hall–Kier alpha value is -0.630. The van der Waals surface area contributed by atoms with Crippen LogP contribution in [-0.4, -0.2) is 32.0 Å². The van der Waals surface area contributed by atoms with Crippen molar-refractivity contribution in [3.8, 4) is 6.07 Å². The first kappa shape index (κ1) is 7.48. The molecule has 1 aliphatic heterocycles. The Kier molecular flexibility index (Phi) is 2.63. The monoisotopic (exact) mass is 142 g/mol. The average molecular weight is 142 g/mol. The molecular formula is C6H10N2O2. The third-order valence-corrected chi connectivity index (χ3v) is 1.39. The highest BCUT2D eigenvalue weighted by Gasteiger charge is 2.20. The molecule has 0 spiro atoms. The number of nitrogens with two attached hydrogens (primary N) is 1. The molecule has 0 bridgehead atoms. The summed E-state index contributed by atoms with van der Waals surface area (Å²) in [6.45, 7) is 1.59. The third kappa shape index (κ3) is 1.67. The van der Waals surface area contributed by atoms with E-state index in [9.17, 15) is 0 Å². The molecule has 0 aliphatic carbocycles. The molecule has 1 fully saturated rings. The molecule has 0 aromatic heterocycles. The third-order valence-electron chi connectivity index (χ3n) is 1.39. The quantitative estimate of drug-likeness (QED) is 0.523. The molecule has 1 saturated heterocycles. The lowest BCUT2D eigenvalue weighted by Crippen LogP contribution is -2.42. The van der Waals surface area contributed by atoms with Gasteiger partial charge in [0.15, 0.2) is 0 Å². The number of ether oxygens (including phenoxy) is 2. The van der Waals surface area contributed by atoms with Gasteiger partial charge < -0.3 is 15.2 Å². The summed E-state index contributed by atoms with van der Waals surface area (Å²) in [6.07, 6.45) is -0.237. The molecule has 0 unspecified atom stereocenters. The zero-order valence-electron chi connectivity index (χ0n) is 5.62. The van der Waals surface area contributed by atoms with Crippen LogP contribution in [0, 0.1) is 11.3 Å². The minimum Gasteiger partial charge on any atom is -0.376 e. The molecule has 2 atom stereocenters. The number of rotatable bonds is 1. The maximum absolute atomic E-state index is 8.38. The van der Waals surface area contributed by atoms with Crippen molar-refractivity contribution in [1.82, 2.24) is 0 Å². The van der Waals surface area contributed by atoms with Gasteiger partial charge in [-0.25, -0.2) is 0 Å². The van der Waals surface area contributed by atoms with E-state index < -0.39 is 6.04 Å². The van der Waals surface area contributed by atoms with Crippen molar-refractivity contribution in [1.29, 1.82) is 5.26 Å². The van der Waals surface area contributed by atoms with Crippen LogP contribution in [0.4, 0.5) is 0 Å². The molecule has 2 N–H and O–H groups in total. The van der Waals surface area contributed by atoms with E-state index in [1.165, 1.54) is 0 Å². The van der Waals surface area contributed by atoms with Gasteiger partial charge in [0.2, 0.25) is 0 Å². The van der Waals surface area contributed by atoms with Crippen LogP contribution < -0.4 is 5.73 Å². The van der Waals surface area contributed by atoms with Gasteiger partial charge in [-0.05, 0) is 0 Å². The van der Waals surface area contributed by atoms with E-state index >= 15 is 0 Å². The SMILES string of the molecule is N#C[C@H](N)[C@H]1COCCO1. The molecule has 0 aromatic rings. The highest BCUT2D eigenvalue weighted by Crippen LogP contribution is 2.02. The molecule has 1 rings (SSSR count). The Morgan fingerprint density at radius 2 is 2.40 bits per heavy atom. The van der Waals surface area contributed by atoms with Gasteiger partial charge in [-0.2, -0.15) is 5.26 Å². The zero-order chi connectivity index (χ0) is 7.40. The van der Waals surface area contributed by atoms with Gasteiger partial charge in [0.25, 0.3) is 0 Å². The first-order chi connectivity index (χ1) is 4.84. The summed E-state index contributed by atoms with van der Waals surface area (Å²) in [5.74, 6) is 0. The molecule has 0 aromatic carbocycles. The number of hydrogen-bond acceptors (Lipinski definition) is 4. The van der Waals surface area contributed by atoms with Gasteiger partial charge >= 0.3 is 0 Å². The van der Waals surface area contributed by atoms with Crippen LogP contribution in [0.25, 0.3) is 0 Å². The highest BCUT2D eigenvalue weighted by molar-refractivity contribution is 4.93. The average Bonchev–Trinajstić information content (AvgIpc) is 2.05. The maximum atomic E-state index is 8.38. The smallest absolute Gasteiger partial charge is 0.122 e. The van der Waals surface area contributed by atoms with E-state index in [1.54, 1.807) is 0 Å². The normalized spacial score (nSPS) is 29.0. The number of nitriles is 1. The Morgan fingerprint density at radius 1 is 1.60 bits per heavy atom. The minimum atomic E-state index is -0.555. The van der Waals surface area contributed by atoms with Crippen molar-refractivity contribution in [2.24, 2.45) is 5.73 Å². The summed E-state index contributed by atoms with van der Waals surface area (Å²) in [5.41, 5.74) is 5.38. The van der Waals surface area contributed by atoms with E-state index in [0.717, 1.165) is 0 Å². The number of nitrogens with zero attached hydrogens (tertiary/aromatic N) is 1. The Bertz CT molecular complexity index is 137. The zero-order valence-corrected chi connectivity index (χ0v) is 5.62. The second-order valence-electron chi connectivity index (χ2n) is 2.14. The summed E-state index contributed by atoms with van der Waals surface area (Å²) in [7, 11) is 0. The minimum absolute atomic E-state index is 0.237. The van der Waals surface area contributed by atoms with Crippen LogP contribution in [0.15, 0.2) is 0 Å². The predicted octanol–water partition coefficient (Wildman–Crippen LogP) is -0.747. The lowest BCUT2D eigenvalue weighted by molar-refractivity contribution is -0.0909. The van der Waals surface area contributed by atoms with E-state index in [1.807, 2.05) is 6.07 Å². The summed E-state index contributed by atoms with van der Waals surface area (Å²) in [4.78, 5) is 0. The Balaban J connectivity index is 2.33. The van der Waals surface area contributed by atoms with Gasteiger partial charge in [0.1, 0.15) is 12.1 Å². The van der Waals surface area contributed by atoms with Gasteiger partial charge in [-0.15, -0.1) is 0 Å². The molecule has 4 heteroatoms.